The van der Waals surface area contributed by atoms with Crippen molar-refractivity contribution in [2.24, 2.45) is 5.92 Å². The van der Waals surface area contributed by atoms with Crippen molar-refractivity contribution >= 4 is 17.9 Å². The van der Waals surface area contributed by atoms with Crippen molar-refractivity contribution < 1.29 is 19.1 Å². The number of carbonyl (C=O) groups is 3. The minimum absolute atomic E-state index is 0.179. The molecule has 3 amide bonds. The predicted octanol–water partition coefficient (Wildman–Crippen LogP) is 0.202. The molecule has 118 valence electrons. The molecule has 2 aliphatic heterocycles. The molecule has 7 heteroatoms. The molecule has 2 heterocycles. The molecular formula is C14H23N3O4. The van der Waals surface area contributed by atoms with Crippen LogP contribution in [-0.2, 0) is 14.3 Å². The SMILES string of the molecule is CCOC(=O)[C@H]1CCCN([C@@H](C)C(=O)N2CCNC2=O)C1. The van der Waals surface area contributed by atoms with E-state index in [0.29, 0.717) is 26.2 Å². The number of imide groups is 1. The maximum atomic E-state index is 12.4. The first-order chi connectivity index (χ1) is 10.0. The highest BCUT2D eigenvalue weighted by molar-refractivity contribution is 5.98. The topological polar surface area (TPSA) is 79.0 Å². The number of nitrogens with zero attached hydrogens (tertiary/aromatic N) is 2. The van der Waals surface area contributed by atoms with Gasteiger partial charge in [-0.3, -0.25) is 19.4 Å². The number of carbonyl (C=O) groups excluding carboxylic acids is 3. The molecule has 0 aromatic heterocycles. The fourth-order valence-electron chi connectivity index (χ4n) is 2.87. The Bertz CT molecular complexity index is 426. The van der Waals surface area contributed by atoms with Crippen molar-refractivity contribution in [2.75, 3.05) is 32.8 Å². The quantitative estimate of drug-likeness (QED) is 0.750. The molecule has 0 bridgehead atoms. The Labute approximate surface area is 124 Å². The van der Waals surface area contributed by atoms with Crippen molar-refractivity contribution in [3.8, 4) is 0 Å². The number of likely N-dealkylation sites (tertiary alicyclic amines) is 1. The van der Waals surface area contributed by atoms with E-state index in [2.05, 4.69) is 5.32 Å². The number of hydrogen-bond acceptors (Lipinski definition) is 5. The smallest absolute Gasteiger partial charge is 0.324 e. The number of amides is 3. The van der Waals surface area contributed by atoms with Crippen LogP contribution in [0, 0.1) is 5.92 Å². The van der Waals surface area contributed by atoms with Crippen LogP contribution >= 0.6 is 0 Å². The van der Waals surface area contributed by atoms with E-state index in [-0.39, 0.29) is 23.8 Å². The molecule has 0 unspecified atom stereocenters. The zero-order chi connectivity index (χ0) is 15.4. The third-order valence-electron chi connectivity index (χ3n) is 4.10. The normalized spacial score (nSPS) is 24.6. The highest BCUT2D eigenvalue weighted by atomic mass is 16.5. The van der Waals surface area contributed by atoms with E-state index in [1.54, 1.807) is 13.8 Å². The van der Waals surface area contributed by atoms with Gasteiger partial charge in [0.25, 0.3) is 0 Å². The molecule has 1 N–H and O–H groups in total. The Morgan fingerprint density at radius 2 is 2.19 bits per heavy atom. The zero-order valence-electron chi connectivity index (χ0n) is 12.6. The number of rotatable bonds is 4. The van der Waals surface area contributed by atoms with Gasteiger partial charge < -0.3 is 10.1 Å². The molecule has 2 saturated heterocycles. The molecule has 2 fully saturated rings. The average Bonchev–Trinajstić information content (AvgIpc) is 2.92. The van der Waals surface area contributed by atoms with Crippen LogP contribution in [0.4, 0.5) is 4.79 Å². The second-order valence-corrected chi connectivity index (χ2v) is 5.48. The second-order valence-electron chi connectivity index (χ2n) is 5.48. The Balaban J connectivity index is 1.95. The number of urea groups is 1. The van der Waals surface area contributed by atoms with Gasteiger partial charge in [-0.1, -0.05) is 0 Å². The summed E-state index contributed by atoms with van der Waals surface area (Å²) in [4.78, 5) is 39.0. The Morgan fingerprint density at radius 1 is 1.43 bits per heavy atom. The predicted molar refractivity (Wildman–Crippen MR) is 75.5 cm³/mol. The van der Waals surface area contributed by atoms with Crippen LogP contribution in [0.3, 0.4) is 0 Å². The average molecular weight is 297 g/mol. The van der Waals surface area contributed by atoms with Crippen molar-refractivity contribution in [2.45, 2.75) is 32.7 Å². The molecule has 2 aliphatic rings. The number of piperidine rings is 1. The van der Waals surface area contributed by atoms with Crippen LogP contribution in [-0.4, -0.2) is 66.5 Å². The first-order valence-electron chi connectivity index (χ1n) is 7.54. The van der Waals surface area contributed by atoms with Gasteiger partial charge in [-0.2, -0.15) is 0 Å². The maximum Gasteiger partial charge on any atom is 0.324 e. The van der Waals surface area contributed by atoms with Crippen molar-refractivity contribution in [3.63, 3.8) is 0 Å². The number of hydrogen-bond donors (Lipinski definition) is 1. The first kappa shape index (κ1) is 15.8. The fraction of sp³-hybridized carbons (Fsp3) is 0.786. The molecule has 0 radical (unpaired) electrons. The number of ether oxygens (including phenoxy) is 1. The van der Waals surface area contributed by atoms with E-state index < -0.39 is 6.04 Å². The zero-order valence-corrected chi connectivity index (χ0v) is 12.6. The Morgan fingerprint density at radius 3 is 2.81 bits per heavy atom. The van der Waals surface area contributed by atoms with Gasteiger partial charge in [0.15, 0.2) is 0 Å². The van der Waals surface area contributed by atoms with Crippen molar-refractivity contribution in [3.05, 3.63) is 0 Å². The molecule has 0 saturated carbocycles. The second kappa shape index (κ2) is 6.89. The summed E-state index contributed by atoms with van der Waals surface area (Å²) in [6, 6.07) is -0.725. The Kier molecular flexibility index (Phi) is 5.17. The van der Waals surface area contributed by atoms with Crippen molar-refractivity contribution in [1.82, 2.24) is 15.1 Å². The van der Waals surface area contributed by atoms with Gasteiger partial charge in [-0.15, -0.1) is 0 Å². The van der Waals surface area contributed by atoms with Crippen LogP contribution in [0.15, 0.2) is 0 Å². The summed E-state index contributed by atoms with van der Waals surface area (Å²) in [5, 5.41) is 2.63. The summed E-state index contributed by atoms with van der Waals surface area (Å²) in [6.07, 6.45) is 1.65. The molecule has 2 atom stereocenters. The minimum Gasteiger partial charge on any atom is -0.466 e. The van der Waals surface area contributed by atoms with Crippen LogP contribution in [0.5, 0.6) is 0 Å². The van der Waals surface area contributed by atoms with Gasteiger partial charge in [0.05, 0.1) is 18.6 Å². The summed E-state index contributed by atoms with van der Waals surface area (Å²) >= 11 is 0. The lowest BCUT2D eigenvalue weighted by Gasteiger charge is -2.35. The van der Waals surface area contributed by atoms with Gasteiger partial charge in [0.1, 0.15) is 0 Å². The van der Waals surface area contributed by atoms with Crippen molar-refractivity contribution in [1.29, 1.82) is 0 Å². The largest absolute Gasteiger partial charge is 0.466 e. The maximum absolute atomic E-state index is 12.4. The van der Waals surface area contributed by atoms with E-state index in [9.17, 15) is 14.4 Å². The summed E-state index contributed by atoms with van der Waals surface area (Å²) in [5.74, 6) is -0.573. The molecule has 0 aromatic rings. The van der Waals surface area contributed by atoms with E-state index >= 15 is 0 Å². The fourth-order valence-corrected chi connectivity index (χ4v) is 2.87. The lowest BCUT2D eigenvalue weighted by Crippen LogP contribution is -2.52. The van der Waals surface area contributed by atoms with E-state index in [1.807, 2.05) is 4.90 Å². The van der Waals surface area contributed by atoms with E-state index in [1.165, 1.54) is 4.90 Å². The number of esters is 1. The highest BCUT2D eigenvalue weighted by Gasteiger charge is 2.36. The van der Waals surface area contributed by atoms with E-state index in [0.717, 1.165) is 19.4 Å². The van der Waals surface area contributed by atoms with E-state index in [4.69, 9.17) is 4.74 Å². The molecule has 0 aromatic carbocycles. The highest BCUT2D eigenvalue weighted by Crippen LogP contribution is 2.21. The van der Waals surface area contributed by atoms with Crippen LogP contribution in [0.2, 0.25) is 0 Å². The summed E-state index contributed by atoms with van der Waals surface area (Å²) in [7, 11) is 0. The third kappa shape index (κ3) is 3.53. The molecular weight excluding hydrogens is 274 g/mol. The lowest BCUT2D eigenvalue weighted by molar-refractivity contribution is -0.151. The monoisotopic (exact) mass is 297 g/mol. The van der Waals surface area contributed by atoms with Gasteiger partial charge in [-0.05, 0) is 33.2 Å². The molecule has 0 spiro atoms. The Hall–Kier alpha value is -1.63. The van der Waals surface area contributed by atoms with Gasteiger partial charge in [-0.25, -0.2) is 4.79 Å². The standard InChI is InChI=1S/C14H23N3O4/c1-3-21-13(19)11-5-4-7-16(9-11)10(2)12(18)17-8-6-15-14(17)20/h10-11H,3-9H2,1-2H3,(H,15,20)/t10-,11-/m0/s1. The molecule has 7 nitrogen and oxygen atoms in total. The van der Waals surface area contributed by atoms with Crippen LogP contribution in [0.1, 0.15) is 26.7 Å². The third-order valence-corrected chi connectivity index (χ3v) is 4.10. The molecule has 2 rings (SSSR count). The number of nitrogens with one attached hydrogen (secondary N) is 1. The summed E-state index contributed by atoms with van der Waals surface area (Å²) in [5.41, 5.74) is 0. The van der Waals surface area contributed by atoms with Crippen LogP contribution < -0.4 is 5.32 Å². The first-order valence-corrected chi connectivity index (χ1v) is 7.54. The van der Waals surface area contributed by atoms with Gasteiger partial charge in [0.2, 0.25) is 5.91 Å². The summed E-state index contributed by atoms with van der Waals surface area (Å²) in [6.45, 7) is 6.15. The molecule has 0 aliphatic carbocycles. The molecule has 21 heavy (non-hydrogen) atoms. The van der Waals surface area contributed by atoms with Crippen LogP contribution in [0.25, 0.3) is 0 Å². The van der Waals surface area contributed by atoms with Gasteiger partial charge >= 0.3 is 12.0 Å². The lowest BCUT2D eigenvalue weighted by atomic mass is 9.97. The summed E-state index contributed by atoms with van der Waals surface area (Å²) < 4.78 is 5.06. The van der Waals surface area contributed by atoms with Gasteiger partial charge in [0, 0.05) is 19.6 Å². The minimum atomic E-state index is -0.397.